The maximum atomic E-state index is 11.3. The Kier molecular flexibility index (Phi) is 5.16. The molecule has 0 amide bonds. The highest BCUT2D eigenvalue weighted by Gasteiger charge is 2.10. The smallest absolute Gasteiger partial charge is 0.325 e. The third-order valence-electron chi connectivity index (χ3n) is 2.93. The number of aromatic nitrogens is 1. The minimum atomic E-state index is -0.273. The summed E-state index contributed by atoms with van der Waals surface area (Å²) in [6.45, 7) is 4.29. The SMILES string of the molecule is CCOC(=O)CNc1nc(C)c(Cc2ccc(N)cc2)s1. The number of hydrogen-bond acceptors (Lipinski definition) is 6. The van der Waals surface area contributed by atoms with Crippen LogP contribution in [0, 0.1) is 6.92 Å². The van der Waals surface area contributed by atoms with E-state index in [1.54, 1.807) is 18.3 Å². The van der Waals surface area contributed by atoms with E-state index >= 15 is 0 Å². The predicted octanol–water partition coefficient (Wildman–Crippen LogP) is 2.60. The molecule has 0 radical (unpaired) electrons. The Hall–Kier alpha value is -2.08. The van der Waals surface area contributed by atoms with Crippen LogP contribution in [0.4, 0.5) is 10.8 Å². The number of esters is 1. The molecule has 0 unspecified atom stereocenters. The molecule has 0 aliphatic rings. The summed E-state index contributed by atoms with van der Waals surface area (Å²) in [5.74, 6) is -0.273. The Morgan fingerprint density at radius 3 is 2.76 bits per heavy atom. The van der Waals surface area contributed by atoms with Crippen molar-refractivity contribution in [3.8, 4) is 0 Å². The lowest BCUT2D eigenvalue weighted by Crippen LogP contribution is -2.16. The van der Waals surface area contributed by atoms with Crippen LogP contribution in [0.15, 0.2) is 24.3 Å². The maximum Gasteiger partial charge on any atom is 0.325 e. The van der Waals surface area contributed by atoms with Crippen molar-refractivity contribution < 1.29 is 9.53 Å². The average Bonchev–Trinajstić information content (AvgIpc) is 2.80. The molecule has 0 aliphatic carbocycles. The van der Waals surface area contributed by atoms with Crippen LogP contribution in [-0.4, -0.2) is 24.1 Å². The first-order chi connectivity index (χ1) is 10.1. The van der Waals surface area contributed by atoms with Gasteiger partial charge in [-0.15, -0.1) is 11.3 Å². The number of nitrogens with zero attached hydrogens (tertiary/aromatic N) is 1. The number of ether oxygens (including phenoxy) is 1. The Labute approximate surface area is 128 Å². The maximum absolute atomic E-state index is 11.3. The molecule has 3 N–H and O–H groups in total. The van der Waals surface area contributed by atoms with Gasteiger partial charge in [0.2, 0.25) is 0 Å². The first-order valence-electron chi connectivity index (χ1n) is 6.78. The summed E-state index contributed by atoms with van der Waals surface area (Å²) in [6, 6.07) is 7.82. The molecule has 5 nitrogen and oxygen atoms in total. The molecule has 6 heteroatoms. The van der Waals surface area contributed by atoms with Crippen LogP contribution < -0.4 is 11.1 Å². The number of thiazole rings is 1. The lowest BCUT2D eigenvalue weighted by Gasteiger charge is -2.02. The molecule has 2 rings (SSSR count). The molecule has 0 saturated heterocycles. The molecule has 1 heterocycles. The molecule has 0 atom stereocenters. The Morgan fingerprint density at radius 2 is 2.10 bits per heavy atom. The number of benzene rings is 1. The lowest BCUT2D eigenvalue weighted by molar-refractivity contribution is -0.140. The van der Waals surface area contributed by atoms with Gasteiger partial charge in [-0.2, -0.15) is 0 Å². The number of carbonyl (C=O) groups is 1. The second-order valence-corrected chi connectivity index (χ2v) is 5.69. The van der Waals surface area contributed by atoms with Crippen LogP contribution in [0.2, 0.25) is 0 Å². The van der Waals surface area contributed by atoms with E-state index in [2.05, 4.69) is 10.3 Å². The van der Waals surface area contributed by atoms with E-state index in [0.29, 0.717) is 6.61 Å². The Bertz CT molecular complexity index is 608. The van der Waals surface area contributed by atoms with Crippen molar-refractivity contribution in [1.82, 2.24) is 4.98 Å². The molecule has 0 fully saturated rings. The summed E-state index contributed by atoms with van der Waals surface area (Å²) >= 11 is 1.56. The van der Waals surface area contributed by atoms with Crippen LogP contribution in [0.3, 0.4) is 0 Å². The van der Waals surface area contributed by atoms with Crippen LogP contribution in [0.25, 0.3) is 0 Å². The van der Waals surface area contributed by atoms with E-state index in [9.17, 15) is 4.79 Å². The quantitative estimate of drug-likeness (QED) is 0.633. The standard InChI is InChI=1S/C15H19N3O2S/c1-3-20-14(19)9-17-15-18-10(2)13(21-15)8-11-4-6-12(16)7-5-11/h4-7H,3,8-9,16H2,1-2H3,(H,17,18). The molecule has 112 valence electrons. The normalized spacial score (nSPS) is 10.4. The predicted molar refractivity (Wildman–Crippen MR) is 85.6 cm³/mol. The first kappa shape index (κ1) is 15.3. The fourth-order valence-electron chi connectivity index (χ4n) is 1.85. The lowest BCUT2D eigenvalue weighted by atomic mass is 10.1. The second-order valence-electron chi connectivity index (χ2n) is 4.60. The minimum absolute atomic E-state index is 0.141. The fraction of sp³-hybridized carbons (Fsp3) is 0.333. The van der Waals surface area contributed by atoms with E-state index in [0.717, 1.165) is 22.9 Å². The molecular formula is C15H19N3O2S. The molecule has 0 saturated carbocycles. The van der Waals surface area contributed by atoms with Crippen LogP contribution in [-0.2, 0) is 16.0 Å². The summed E-state index contributed by atoms with van der Waals surface area (Å²) in [7, 11) is 0. The largest absolute Gasteiger partial charge is 0.465 e. The van der Waals surface area contributed by atoms with Crippen molar-refractivity contribution in [2.45, 2.75) is 20.3 Å². The highest BCUT2D eigenvalue weighted by molar-refractivity contribution is 7.15. The number of rotatable bonds is 6. The number of hydrogen-bond donors (Lipinski definition) is 2. The van der Waals surface area contributed by atoms with E-state index in [1.165, 1.54) is 10.4 Å². The van der Waals surface area contributed by atoms with Gasteiger partial charge in [0.1, 0.15) is 6.54 Å². The van der Waals surface area contributed by atoms with E-state index < -0.39 is 0 Å². The van der Waals surface area contributed by atoms with Crippen molar-refractivity contribution in [2.24, 2.45) is 0 Å². The number of anilines is 2. The van der Waals surface area contributed by atoms with Gasteiger partial charge >= 0.3 is 5.97 Å². The van der Waals surface area contributed by atoms with Gasteiger partial charge in [0.05, 0.1) is 12.3 Å². The zero-order chi connectivity index (χ0) is 15.2. The highest BCUT2D eigenvalue weighted by Crippen LogP contribution is 2.25. The number of nitrogens with two attached hydrogens (primary N) is 1. The zero-order valence-corrected chi connectivity index (χ0v) is 13.0. The zero-order valence-electron chi connectivity index (χ0n) is 12.2. The monoisotopic (exact) mass is 305 g/mol. The molecular weight excluding hydrogens is 286 g/mol. The van der Waals surface area contributed by atoms with Crippen molar-refractivity contribution in [3.05, 3.63) is 40.4 Å². The van der Waals surface area contributed by atoms with Gasteiger partial charge in [-0.3, -0.25) is 4.79 Å². The highest BCUT2D eigenvalue weighted by atomic mass is 32.1. The minimum Gasteiger partial charge on any atom is -0.465 e. The van der Waals surface area contributed by atoms with Gasteiger partial charge in [-0.1, -0.05) is 12.1 Å². The summed E-state index contributed by atoms with van der Waals surface area (Å²) < 4.78 is 4.87. The molecule has 0 aliphatic heterocycles. The van der Waals surface area contributed by atoms with Crippen LogP contribution >= 0.6 is 11.3 Å². The average molecular weight is 305 g/mol. The molecule has 21 heavy (non-hydrogen) atoms. The summed E-state index contributed by atoms with van der Waals surface area (Å²) in [5, 5.41) is 3.74. The van der Waals surface area contributed by atoms with E-state index in [-0.39, 0.29) is 12.5 Å². The summed E-state index contributed by atoms with van der Waals surface area (Å²) in [6.07, 6.45) is 0.810. The number of nitrogens with one attached hydrogen (secondary N) is 1. The van der Waals surface area contributed by atoms with Gasteiger partial charge in [-0.05, 0) is 31.5 Å². The second kappa shape index (κ2) is 7.08. The Morgan fingerprint density at radius 1 is 1.38 bits per heavy atom. The topological polar surface area (TPSA) is 77.2 Å². The molecule has 0 spiro atoms. The molecule has 0 bridgehead atoms. The fourth-order valence-corrected chi connectivity index (χ4v) is 2.84. The van der Waals surface area contributed by atoms with Crippen LogP contribution in [0.1, 0.15) is 23.1 Å². The first-order valence-corrected chi connectivity index (χ1v) is 7.60. The van der Waals surface area contributed by atoms with Crippen LogP contribution in [0.5, 0.6) is 0 Å². The number of carbonyl (C=O) groups excluding carboxylic acids is 1. The van der Waals surface area contributed by atoms with Crippen molar-refractivity contribution in [1.29, 1.82) is 0 Å². The van der Waals surface area contributed by atoms with Crippen molar-refractivity contribution in [3.63, 3.8) is 0 Å². The van der Waals surface area contributed by atoms with E-state index in [1.807, 2.05) is 31.2 Å². The molecule has 2 aromatic rings. The van der Waals surface area contributed by atoms with Gasteiger partial charge < -0.3 is 15.8 Å². The van der Waals surface area contributed by atoms with Gasteiger partial charge in [0.25, 0.3) is 0 Å². The van der Waals surface area contributed by atoms with Crippen molar-refractivity contribution in [2.75, 3.05) is 24.2 Å². The summed E-state index contributed by atoms with van der Waals surface area (Å²) in [5.41, 5.74) is 8.61. The summed E-state index contributed by atoms with van der Waals surface area (Å²) in [4.78, 5) is 16.9. The Balaban J connectivity index is 1.98. The third kappa shape index (κ3) is 4.46. The number of nitrogen functional groups attached to an aromatic ring is 1. The van der Waals surface area contributed by atoms with Gasteiger partial charge in [0.15, 0.2) is 5.13 Å². The molecule has 1 aromatic heterocycles. The van der Waals surface area contributed by atoms with Gasteiger partial charge in [0, 0.05) is 17.0 Å². The van der Waals surface area contributed by atoms with Gasteiger partial charge in [-0.25, -0.2) is 4.98 Å². The molecule has 1 aromatic carbocycles. The van der Waals surface area contributed by atoms with Crippen molar-refractivity contribution >= 4 is 28.1 Å². The third-order valence-corrected chi connectivity index (χ3v) is 4.04. The van der Waals surface area contributed by atoms with E-state index in [4.69, 9.17) is 10.5 Å². The number of aryl methyl sites for hydroxylation is 1.